The molecule has 1 aromatic heterocycles. The molecule has 0 saturated carbocycles. The van der Waals surface area contributed by atoms with Gasteiger partial charge in [0.05, 0.1) is 6.61 Å². The highest BCUT2D eigenvalue weighted by Gasteiger charge is 2.07. The molecule has 2 aromatic rings. The second-order valence-electron chi connectivity index (χ2n) is 5.18. The number of aryl methyl sites for hydroxylation is 3. The van der Waals surface area contributed by atoms with Crippen molar-refractivity contribution in [2.45, 2.75) is 32.9 Å². The number of ether oxygens (including phenoxy) is 1. The molecule has 4 heteroatoms. The number of nitrogens with zero attached hydrogens (tertiary/aromatic N) is 2. The van der Waals surface area contributed by atoms with Gasteiger partial charge in [-0.05, 0) is 25.8 Å². The van der Waals surface area contributed by atoms with Crippen molar-refractivity contribution in [2.24, 2.45) is 0 Å². The van der Waals surface area contributed by atoms with Gasteiger partial charge in [0, 0.05) is 32.1 Å². The van der Waals surface area contributed by atoms with Crippen molar-refractivity contribution >= 4 is 5.95 Å². The highest BCUT2D eigenvalue weighted by Crippen LogP contribution is 2.10. The summed E-state index contributed by atoms with van der Waals surface area (Å²) in [5.74, 6) is 0.905. The Kier molecular flexibility index (Phi) is 5.18. The van der Waals surface area contributed by atoms with Crippen molar-refractivity contribution < 1.29 is 4.74 Å². The van der Waals surface area contributed by atoms with E-state index in [1.807, 2.05) is 12.4 Å². The minimum Gasteiger partial charge on any atom is -0.383 e. The van der Waals surface area contributed by atoms with E-state index in [1.54, 1.807) is 7.11 Å². The van der Waals surface area contributed by atoms with E-state index in [2.05, 4.69) is 53.0 Å². The molecule has 0 radical (unpaired) electrons. The number of aromatic nitrogens is 2. The van der Waals surface area contributed by atoms with Crippen LogP contribution in [0.4, 0.5) is 5.95 Å². The summed E-state index contributed by atoms with van der Waals surface area (Å²) in [7, 11) is 1.71. The Labute approximate surface area is 120 Å². The summed E-state index contributed by atoms with van der Waals surface area (Å²) < 4.78 is 7.28. The van der Waals surface area contributed by atoms with Crippen LogP contribution >= 0.6 is 0 Å². The Hall–Kier alpha value is -1.81. The van der Waals surface area contributed by atoms with E-state index < -0.39 is 0 Å². The molecule has 0 amide bonds. The highest BCUT2D eigenvalue weighted by atomic mass is 16.5. The molecule has 0 aliphatic rings. The number of imidazole rings is 1. The fourth-order valence-corrected chi connectivity index (χ4v) is 2.26. The monoisotopic (exact) mass is 273 g/mol. The van der Waals surface area contributed by atoms with Gasteiger partial charge in [0.1, 0.15) is 0 Å². The predicted molar refractivity (Wildman–Crippen MR) is 82.1 cm³/mol. The largest absolute Gasteiger partial charge is 0.383 e. The van der Waals surface area contributed by atoms with Gasteiger partial charge in [-0.3, -0.25) is 0 Å². The first kappa shape index (κ1) is 14.6. The zero-order chi connectivity index (χ0) is 14.4. The Morgan fingerprint density at radius 2 is 2.25 bits per heavy atom. The Balaban J connectivity index is 1.95. The number of benzene rings is 1. The van der Waals surface area contributed by atoms with E-state index in [9.17, 15) is 0 Å². The molecule has 0 fully saturated rings. The smallest absolute Gasteiger partial charge is 0.203 e. The van der Waals surface area contributed by atoms with Crippen molar-refractivity contribution in [3.63, 3.8) is 0 Å². The Morgan fingerprint density at radius 1 is 1.40 bits per heavy atom. The van der Waals surface area contributed by atoms with Crippen molar-refractivity contribution in [3.05, 3.63) is 47.8 Å². The molecule has 0 aliphatic carbocycles. The van der Waals surface area contributed by atoms with Crippen LogP contribution in [-0.2, 0) is 17.7 Å². The van der Waals surface area contributed by atoms with Gasteiger partial charge in [0.15, 0.2) is 0 Å². The lowest BCUT2D eigenvalue weighted by molar-refractivity contribution is 0.190. The molecule has 2 rings (SSSR count). The number of anilines is 1. The molecule has 4 nitrogen and oxygen atoms in total. The number of nitrogens with one attached hydrogen (secondary N) is 1. The molecule has 1 unspecified atom stereocenters. The molecular weight excluding hydrogens is 250 g/mol. The Bertz CT molecular complexity index is 536. The number of methoxy groups -OCH3 is 1. The van der Waals surface area contributed by atoms with Gasteiger partial charge >= 0.3 is 0 Å². The van der Waals surface area contributed by atoms with Gasteiger partial charge in [-0.2, -0.15) is 0 Å². The van der Waals surface area contributed by atoms with Gasteiger partial charge < -0.3 is 14.6 Å². The van der Waals surface area contributed by atoms with Gasteiger partial charge in [0.25, 0.3) is 0 Å². The summed E-state index contributed by atoms with van der Waals surface area (Å²) in [6.07, 6.45) is 4.85. The maximum Gasteiger partial charge on any atom is 0.203 e. The van der Waals surface area contributed by atoms with Gasteiger partial charge in [0.2, 0.25) is 5.95 Å². The second-order valence-corrected chi connectivity index (χ2v) is 5.18. The van der Waals surface area contributed by atoms with Crippen LogP contribution in [-0.4, -0.2) is 29.3 Å². The maximum absolute atomic E-state index is 5.14. The fourth-order valence-electron chi connectivity index (χ4n) is 2.26. The van der Waals surface area contributed by atoms with E-state index >= 15 is 0 Å². The second kappa shape index (κ2) is 7.10. The average Bonchev–Trinajstić information content (AvgIpc) is 2.84. The van der Waals surface area contributed by atoms with E-state index in [4.69, 9.17) is 4.74 Å². The summed E-state index contributed by atoms with van der Waals surface area (Å²) in [4.78, 5) is 4.36. The van der Waals surface area contributed by atoms with Gasteiger partial charge in [-0.15, -0.1) is 0 Å². The molecule has 0 spiro atoms. The lowest BCUT2D eigenvalue weighted by Crippen LogP contribution is -2.23. The van der Waals surface area contributed by atoms with Crippen molar-refractivity contribution in [3.8, 4) is 0 Å². The summed E-state index contributed by atoms with van der Waals surface area (Å²) in [5, 5.41) is 3.37. The summed E-state index contributed by atoms with van der Waals surface area (Å²) in [5.41, 5.74) is 2.66. The van der Waals surface area contributed by atoms with Crippen LogP contribution in [0.3, 0.4) is 0 Å². The van der Waals surface area contributed by atoms with E-state index in [1.165, 1.54) is 11.1 Å². The Morgan fingerprint density at radius 3 is 3.00 bits per heavy atom. The fraction of sp³-hybridized carbons (Fsp3) is 0.438. The molecule has 1 heterocycles. The van der Waals surface area contributed by atoms with E-state index in [0.717, 1.165) is 18.9 Å². The first-order valence-corrected chi connectivity index (χ1v) is 7.01. The lowest BCUT2D eigenvalue weighted by Gasteiger charge is -2.15. The van der Waals surface area contributed by atoms with Crippen LogP contribution < -0.4 is 5.32 Å². The number of rotatable bonds is 7. The molecule has 1 N–H and O–H groups in total. The van der Waals surface area contributed by atoms with Crippen LogP contribution in [0.1, 0.15) is 18.1 Å². The van der Waals surface area contributed by atoms with E-state index in [0.29, 0.717) is 6.61 Å². The van der Waals surface area contributed by atoms with Crippen LogP contribution in [0.15, 0.2) is 36.7 Å². The number of hydrogen-bond donors (Lipinski definition) is 1. The van der Waals surface area contributed by atoms with Crippen LogP contribution in [0.5, 0.6) is 0 Å². The SMILES string of the molecule is COCC(C)Nc1nccn1CCc1cccc(C)c1. The third-order valence-corrected chi connectivity index (χ3v) is 3.23. The zero-order valence-corrected chi connectivity index (χ0v) is 12.5. The quantitative estimate of drug-likeness (QED) is 0.843. The summed E-state index contributed by atoms with van der Waals surface area (Å²) in [6.45, 7) is 5.80. The summed E-state index contributed by atoms with van der Waals surface area (Å²) >= 11 is 0. The van der Waals surface area contributed by atoms with Crippen molar-refractivity contribution in [1.29, 1.82) is 0 Å². The standard InChI is InChI=1S/C16H23N3O/c1-13-5-4-6-15(11-13)7-9-19-10-8-17-16(19)18-14(2)12-20-3/h4-6,8,10-11,14H,7,9,12H2,1-3H3,(H,17,18). The molecule has 0 saturated heterocycles. The topological polar surface area (TPSA) is 39.1 Å². The van der Waals surface area contributed by atoms with Crippen LogP contribution in [0.2, 0.25) is 0 Å². The first-order chi connectivity index (χ1) is 9.69. The van der Waals surface area contributed by atoms with Crippen molar-refractivity contribution in [2.75, 3.05) is 19.0 Å². The van der Waals surface area contributed by atoms with Gasteiger partial charge in [-0.25, -0.2) is 4.98 Å². The molecular formula is C16H23N3O. The zero-order valence-electron chi connectivity index (χ0n) is 12.5. The highest BCUT2D eigenvalue weighted by molar-refractivity contribution is 5.28. The molecule has 0 aliphatic heterocycles. The average molecular weight is 273 g/mol. The van der Waals surface area contributed by atoms with Crippen molar-refractivity contribution in [1.82, 2.24) is 9.55 Å². The normalized spacial score (nSPS) is 12.3. The summed E-state index contributed by atoms with van der Waals surface area (Å²) in [6, 6.07) is 8.89. The molecule has 20 heavy (non-hydrogen) atoms. The van der Waals surface area contributed by atoms with E-state index in [-0.39, 0.29) is 6.04 Å². The molecule has 1 aromatic carbocycles. The first-order valence-electron chi connectivity index (χ1n) is 7.01. The minimum atomic E-state index is 0.250. The molecule has 108 valence electrons. The third-order valence-electron chi connectivity index (χ3n) is 3.23. The predicted octanol–water partition coefficient (Wildman–Crippen LogP) is 2.88. The van der Waals surface area contributed by atoms with Crippen LogP contribution in [0.25, 0.3) is 0 Å². The minimum absolute atomic E-state index is 0.250. The molecule has 0 bridgehead atoms. The maximum atomic E-state index is 5.14. The number of hydrogen-bond acceptors (Lipinski definition) is 3. The van der Waals surface area contributed by atoms with Gasteiger partial charge in [-0.1, -0.05) is 29.8 Å². The lowest BCUT2D eigenvalue weighted by atomic mass is 10.1. The third kappa shape index (κ3) is 4.10. The molecule has 1 atom stereocenters. The van der Waals surface area contributed by atoms with Crippen LogP contribution in [0, 0.1) is 6.92 Å².